The molecule has 2 fully saturated rings. The fourth-order valence-electron chi connectivity index (χ4n) is 2.57. The molecular formula is C10H20BN3O3. The second-order valence-electron chi connectivity index (χ2n) is 4.78. The van der Waals surface area contributed by atoms with Gasteiger partial charge in [-0.1, -0.05) is 0 Å². The Bertz CT molecular complexity index is 272. The van der Waals surface area contributed by atoms with E-state index in [-0.39, 0.29) is 12.5 Å². The molecule has 17 heavy (non-hydrogen) atoms. The zero-order valence-electron chi connectivity index (χ0n) is 9.93. The molecule has 4 N–H and O–H groups in total. The standard InChI is InChI=1S/C10H20BN3O3/c15-10(7-13-8-3-4-12-6-8)14-5-1-2-9(14)11(16)17/h8-9,12-13,16-17H,1-7H2/t8-,9?/m1/s1. The molecule has 0 aromatic heterocycles. The molecule has 0 bridgehead atoms. The summed E-state index contributed by atoms with van der Waals surface area (Å²) in [4.78, 5) is 13.5. The molecule has 6 nitrogen and oxygen atoms in total. The minimum absolute atomic E-state index is 0.0347. The summed E-state index contributed by atoms with van der Waals surface area (Å²) >= 11 is 0. The normalized spacial score (nSPS) is 28.7. The maximum absolute atomic E-state index is 11.9. The van der Waals surface area contributed by atoms with E-state index in [9.17, 15) is 14.8 Å². The third-order valence-corrected chi connectivity index (χ3v) is 3.57. The summed E-state index contributed by atoms with van der Waals surface area (Å²) in [5.41, 5.74) is 0. The molecule has 1 amide bonds. The second-order valence-corrected chi connectivity index (χ2v) is 4.78. The summed E-state index contributed by atoms with van der Waals surface area (Å²) in [6, 6.07) is 0.360. The average molecular weight is 241 g/mol. The number of carbonyl (C=O) groups excluding carboxylic acids is 1. The molecule has 96 valence electrons. The van der Waals surface area contributed by atoms with Gasteiger partial charge < -0.3 is 25.6 Å². The summed E-state index contributed by atoms with van der Waals surface area (Å²) in [6.45, 7) is 2.81. The maximum Gasteiger partial charge on any atom is 0.475 e. The van der Waals surface area contributed by atoms with Gasteiger partial charge in [-0.25, -0.2) is 0 Å². The van der Waals surface area contributed by atoms with Gasteiger partial charge in [-0.2, -0.15) is 0 Å². The first-order valence-electron chi connectivity index (χ1n) is 6.28. The van der Waals surface area contributed by atoms with E-state index in [0.29, 0.717) is 19.0 Å². The SMILES string of the molecule is O=C(CN[C@@H]1CCNC1)N1CCCC1B(O)O. The Balaban J connectivity index is 1.78. The van der Waals surface area contributed by atoms with Crippen molar-refractivity contribution < 1.29 is 14.8 Å². The van der Waals surface area contributed by atoms with Crippen LogP contribution < -0.4 is 10.6 Å². The summed E-state index contributed by atoms with van der Waals surface area (Å²) in [5, 5.41) is 24.8. The highest BCUT2D eigenvalue weighted by Gasteiger charge is 2.36. The monoisotopic (exact) mass is 241 g/mol. The van der Waals surface area contributed by atoms with Gasteiger partial charge in [0.2, 0.25) is 5.91 Å². The minimum Gasteiger partial charge on any atom is -0.426 e. The van der Waals surface area contributed by atoms with Gasteiger partial charge in [-0.3, -0.25) is 4.79 Å². The minimum atomic E-state index is -1.42. The molecule has 1 unspecified atom stereocenters. The zero-order chi connectivity index (χ0) is 12.3. The van der Waals surface area contributed by atoms with Crippen molar-refractivity contribution in [2.45, 2.75) is 31.2 Å². The van der Waals surface area contributed by atoms with E-state index in [0.717, 1.165) is 25.9 Å². The second kappa shape index (κ2) is 5.81. The topological polar surface area (TPSA) is 84.8 Å². The molecule has 2 atom stereocenters. The molecule has 0 aromatic rings. The Hall–Kier alpha value is -0.625. The van der Waals surface area contributed by atoms with Crippen LogP contribution in [0.4, 0.5) is 0 Å². The van der Waals surface area contributed by atoms with Crippen LogP contribution >= 0.6 is 0 Å². The Morgan fingerprint density at radius 2 is 2.29 bits per heavy atom. The van der Waals surface area contributed by atoms with E-state index in [2.05, 4.69) is 10.6 Å². The first-order valence-corrected chi connectivity index (χ1v) is 6.28. The van der Waals surface area contributed by atoms with Crippen LogP contribution in [0.3, 0.4) is 0 Å². The summed E-state index contributed by atoms with van der Waals surface area (Å²) in [5.74, 6) is -0.460. The lowest BCUT2D eigenvalue weighted by Crippen LogP contribution is -2.49. The molecule has 0 aromatic carbocycles. The number of amides is 1. The number of rotatable bonds is 4. The van der Waals surface area contributed by atoms with E-state index in [1.54, 1.807) is 4.90 Å². The predicted octanol–water partition coefficient (Wildman–Crippen LogP) is -2.06. The van der Waals surface area contributed by atoms with E-state index >= 15 is 0 Å². The number of carbonyl (C=O) groups is 1. The van der Waals surface area contributed by atoms with Crippen molar-refractivity contribution in [3.63, 3.8) is 0 Å². The van der Waals surface area contributed by atoms with Crippen molar-refractivity contribution in [3.05, 3.63) is 0 Å². The van der Waals surface area contributed by atoms with Gasteiger partial charge in [-0.05, 0) is 25.8 Å². The van der Waals surface area contributed by atoms with Gasteiger partial charge in [0, 0.05) is 19.1 Å². The van der Waals surface area contributed by atoms with Gasteiger partial charge >= 0.3 is 7.12 Å². The summed E-state index contributed by atoms with van der Waals surface area (Å²) in [7, 11) is -1.42. The molecule has 2 saturated heterocycles. The fraction of sp³-hybridized carbons (Fsp3) is 0.900. The van der Waals surface area contributed by atoms with Crippen LogP contribution in [0.5, 0.6) is 0 Å². The summed E-state index contributed by atoms with van der Waals surface area (Å²) in [6.07, 6.45) is 2.56. The third-order valence-electron chi connectivity index (χ3n) is 3.57. The van der Waals surface area contributed by atoms with Crippen LogP contribution in [0.1, 0.15) is 19.3 Å². The quantitative estimate of drug-likeness (QED) is 0.425. The van der Waals surface area contributed by atoms with Crippen molar-refractivity contribution in [3.8, 4) is 0 Å². The Morgan fingerprint density at radius 3 is 2.94 bits per heavy atom. The van der Waals surface area contributed by atoms with Crippen LogP contribution in [-0.2, 0) is 4.79 Å². The van der Waals surface area contributed by atoms with E-state index in [1.165, 1.54) is 0 Å². The van der Waals surface area contributed by atoms with Crippen molar-refractivity contribution >= 4 is 13.0 Å². The molecular weight excluding hydrogens is 221 g/mol. The van der Waals surface area contributed by atoms with Gasteiger partial charge in [0.05, 0.1) is 12.5 Å². The predicted molar refractivity (Wildman–Crippen MR) is 64.2 cm³/mol. The van der Waals surface area contributed by atoms with Crippen molar-refractivity contribution in [1.29, 1.82) is 0 Å². The van der Waals surface area contributed by atoms with Crippen molar-refractivity contribution in [2.24, 2.45) is 0 Å². The van der Waals surface area contributed by atoms with E-state index in [4.69, 9.17) is 0 Å². The highest BCUT2D eigenvalue weighted by molar-refractivity contribution is 6.43. The molecule has 7 heteroatoms. The third kappa shape index (κ3) is 3.19. The number of hydrogen-bond acceptors (Lipinski definition) is 5. The highest BCUT2D eigenvalue weighted by atomic mass is 16.4. The lowest BCUT2D eigenvalue weighted by atomic mass is 9.78. The molecule has 2 heterocycles. The Kier molecular flexibility index (Phi) is 4.39. The Morgan fingerprint density at radius 1 is 1.47 bits per heavy atom. The number of nitrogens with one attached hydrogen (secondary N) is 2. The molecule has 2 rings (SSSR count). The van der Waals surface area contributed by atoms with Gasteiger partial charge in [0.25, 0.3) is 0 Å². The molecule has 2 aliphatic rings. The average Bonchev–Trinajstić information content (AvgIpc) is 2.96. The summed E-state index contributed by atoms with van der Waals surface area (Å²) < 4.78 is 0. The molecule has 0 radical (unpaired) electrons. The largest absolute Gasteiger partial charge is 0.475 e. The van der Waals surface area contributed by atoms with Crippen LogP contribution in [0, 0.1) is 0 Å². The zero-order valence-corrected chi connectivity index (χ0v) is 9.93. The number of likely N-dealkylation sites (tertiary alicyclic amines) is 1. The van der Waals surface area contributed by atoms with Gasteiger partial charge in [0.1, 0.15) is 0 Å². The maximum atomic E-state index is 11.9. The fourth-order valence-corrected chi connectivity index (χ4v) is 2.57. The highest BCUT2D eigenvalue weighted by Crippen LogP contribution is 2.17. The molecule has 0 saturated carbocycles. The van der Waals surface area contributed by atoms with Crippen LogP contribution in [0.25, 0.3) is 0 Å². The van der Waals surface area contributed by atoms with Gasteiger partial charge in [-0.15, -0.1) is 0 Å². The van der Waals surface area contributed by atoms with E-state index in [1.807, 2.05) is 0 Å². The van der Waals surface area contributed by atoms with Crippen molar-refractivity contribution in [1.82, 2.24) is 15.5 Å². The van der Waals surface area contributed by atoms with Crippen molar-refractivity contribution in [2.75, 3.05) is 26.2 Å². The molecule has 0 spiro atoms. The Labute approximate surface area is 102 Å². The number of nitrogens with zero attached hydrogens (tertiary/aromatic N) is 1. The lowest BCUT2D eigenvalue weighted by Gasteiger charge is -2.24. The molecule has 2 aliphatic heterocycles. The first kappa shape index (κ1) is 12.8. The lowest BCUT2D eigenvalue weighted by molar-refractivity contribution is -0.130. The number of hydrogen-bond donors (Lipinski definition) is 4. The molecule has 0 aliphatic carbocycles. The first-order chi connectivity index (χ1) is 8.18. The van der Waals surface area contributed by atoms with Crippen LogP contribution in [0.15, 0.2) is 0 Å². The van der Waals surface area contributed by atoms with Crippen LogP contribution in [-0.4, -0.2) is 66.1 Å². The van der Waals surface area contributed by atoms with Crippen LogP contribution in [0.2, 0.25) is 0 Å². The smallest absolute Gasteiger partial charge is 0.426 e. The van der Waals surface area contributed by atoms with Gasteiger partial charge in [0.15, 0.2) is 0 Å². The van der Waals surface area contributed by atoms with E-state index < -0.39 is 13.1 Å².